The number of nitrogens with zero attached hydrogens (tertiary/aromatic N) is 1. The Kier molecular flexibility index (Phi) is 1.98. The molecule has 0 aliphatic carbocycles. The van der Waals surface area contributed by atoms with E-state index in [0.717, 1.165) is 27.6 Å². The van der Waals surface area contributed by atoms with Crippen LogP contribution in [0.2, 0.25) is 0 Å². The second-order valence-corrected chi connectivity index (χ2v) is 5.29. The molecule has 0 N–H and O–H groups in total. The smallest absolute Gasteiger partial charge is 0.153 e. The Bertz CT molecular complexity index is 1140. The number of hydrogen-bond donors (Lipinski definition) is 0. The van der Waals surface area contributed by atoms with Crippen LogP contribution in [0.5, 0.6) is 0 Å². The van der Waals surface area contributed by atoms with Crippen molar-refractivity contribution in [2.45, 2.75) is 0 Å². The number of para-hydroxylation sites is 2. The van der Waals surface area contributed by atoms with Crippen LogP contribution in [-0.4, -0.2) is 4.98 Å². The lowest BCUT2D eigenvalue weighted by atomic mass is 10.1. The molecule has 0 aliphatic rings. The van der Waals surface area contributed by atoms with Crippen molar-refractivity contribution in [2.24, 2.45) is 0 Å². The van der Waals surface area contributed by atoms with Crippen molar-refractivity contribution in [3.05, 3.63) is 66.7 Å². The van der Waals surface area contributed by atoms with E-state index in [0.29, 0.717) is 0 Å². The molecular formula is C19H11NO. The van der Waals surface area contributed by atoms with Gasteiger partial charge in [-0.3, -0.25) is 0 Å². The van der Waals surface area contributed by atoms with Gasteiger partial charge in [-0.25, -0.2) is 4.98 Å². The first kappa shape index (κ1) is 10.9. The second-order valence-electron chi connectivity index (χ2n) is 5.29. The standard InChI is InChI=1S/C19H11NO/c1-2-6-13-12(5-1)11-15-14(13)9-10-18-19(15)20-16-7-3-4-8-17(16)21-18/h1-11H. The van der Waals surface area contributed by atoms with Gasteiger partial charge in [-0.15, -0.1) is 0 Å². The van der Waals surface area contributed by atoms with E-state index in [9.17, 15) is 0 Å². The molecule has 0 unspecified atom stereocenters. The minimum absolute atomic E-state index is 0.820. The third-order valence-electron chi connectivity index (χ3n) is 4.05. The Morgan fingerprint density at radius 1 is 0.667 bits per heavy atom. The predicted octanol–water partition coefficient (Wildman–Crippen LogP) is 5.29. The lowest BCUT2D eigenvalue weighted by Gasteiger charge is -2.02. The minimum Gasteiger partial charge on any atom is -0.453 e. The van der Waals surface area contributed by atoms with E-state index in [1.54, 1.807) is 0 Å². The quantitative estimate of drug-likeness (QED) is 0.357. The number of aromatic nitrogens is 1. The summed E-state index contributed by atoms with van der Waals surface area (Å²) < 4.78 is 5.99. The van der Waals surface area contributed by atoms with Crippen molar-refractivity contribution in [2.75, 3.05) is 0 Å². The number of fused-ring (bicyclic) bond motifs is 6. The summed E-state index contributed by atoms with van der Waals surface area (Å²) in [7, 11) is 0. The molecule has 0 atom stereocenters. The largest absolute Gasteiger partial charge is 0.453 e. The lowest BCUT2D eigenvalue weighted by molar-refractivity contribution is 0.657. The maximum atomic E-state index is 5.99. The molecule has 5 aromatic rings. The number of hydrogen-bond acceptors (Lipinski definition) is 2. The van der Waals surface area contributed by atoms with E-state index in [4.69, 9.17) is 9.40 Å². The molecule has 0 spiro atoms. The van der Waals surface area contributed by atoms with Crippen molar-refractivity contribution in [1.82, 2.24) is 4.98 Å². The topological polar surface area (TPSA) is 26.0 Å². The molecule has 2 heteroatoms. The van der Waals surface area contributed by atoms with Crippen molar-refractivity contribution < 1.29 is 4.42 Å². The van der Waals surface area contributed by atoms with Gasteiger partial charge in [0.05, 0.1) is 0 Å². The summed E-state index contributed by atoms with van der Waals surface area (Å²) in [5.74, 6) is 0. The summed E-state index contributed by atoms with van der Waals surface area (Å²) in [6.45, 7) is 0. The Balaban J connectivity index is 2.05. The van der Waals surface area contributed by atoms with Crippen LogP contribution >= 0.6 is 0 Å². The first-order valence-electron chi connectivity index (χ1n) is 7.00. The van der Waals surface area contributed by atoms with Crippen molar-refractivity contribution >= 4 is 43.7 Å². The van der Waals surface area contributed by atoms with Gasteiger partial charge < -0.3 is 4.42 Å². The van der Waals surface area contributed by atoms with Gasteiger partial charge in [0, 0.05) is 5.39 Å². The first-order valence-corrected chi connectivity index (χ1v) is 7.00. The number of benzene rings is 3. The van der Waals surface area contributed by atoms with E-state index in [2.05, 4.69) is 36.4 Å². The summed E-state index contributed by atoms with van der Waals surface area (Å²) in [4.78, 5) is 4.81. The van der Waals surface area contributed by atoms with Gasteiger partial charge in [-0.05, 0) is 46.5 Å². The fourth-order valence-electron chi connectivity index (χ4n) is 3.07. The van der Waals surface area contributed by atoms with Gasteiger partial charge >= 0.3 is 0 Å². The second kappa shape index (κ2) is 3.83. The monoisotopic (exact) mass is 269 g/mol. The van der Waals surface area contributed by atoms with Gasteiger partial charge in [0.15, 0.2) is 11.2 Å². The zero-order chi connectivity index (χ0) is 13.8. The fourth-order valence-corrected chi connectivity index (χ4v) is 3.07. The van der Waals surface area contributed by atoms with Crippen LogP contribution in [0.1, 0.15) is 0 Å². The summed E-state index contributed by atoms with van der Waals surface area (Å²) in [5, 5.41) is 4.90. The third-order valence-corrected chi connectivity index (χ3v) is 4.05. The fraction of sp³-hybridized carbons (Fsp3) is 0. The molecule has 5 rings (SSSR count). The van der Waals surface area contributed by atoms with E-state index >= 15 is 0 Å². The highest BCUT2D eigenvalue weighted by Crippen LogP contribution is 2.33. The van der Waals surface area contributed by atoms with Gasteiger partial charge in [-0.1, -0.05) is 36.4 Å². The van der Waals surface area contributed by atoms with Crippen molar-refractivity contribution in [1.29, 1.82) is 0 Å². The van der Waals surface area contributed by atoms with Gasteiger partial charge in [0.2, 0.25) is 0 Å². The molecule has 4 aromatic carbocycles. The molecule has 0 fully saturated rings. The van der Waals surface area contributed by atoms with E-state index < -0.39 is 0 Å². The summed E-state index contributed by atoms with van der Waals surface area (Å²) in [6.07, 6.45) is 0. The predicted molar refractivity (Wildman–Crippen MR) is 86.5 cm³/mol. The molecule has 21 heavy (non-hydrogen) atoms. The molecular weight excluding hydrogens is 258 g/mol. The highest BCUT2D eigenvalue weighted by molar-refractivity contribution is 6.19. The van der Waals surface area contributed by atoms with Gasteiger partial charge in [0.25, 0.3) is 0 Å². The average molecular weight is 269 g/mol. The summed E-state index contributed by atoms with van der Waals surface area (Å²) in [6, 6.07) is 22.7. The zero-order valence-corrected chi connectivity index (χ0v) is 11.2. The maximum absolute atomic E-state index is 5.99. The van der Waals surface area contributed by atoms with Crippen LogP contribution in [0, 0.1) is 0 Å². The Morgan fingerprint density at radius 2 is 1.52 bits per heavy atom. The molecule has 0 saturated carbocycles. The minimum atomic E-state index is 0.820. The van der Waals surface area contributed by atoms with Crippen molar-refractivity contribution in [3.63, 3.8) is 0 Å². The lowest BCUT2D eigenvalue weighted by Crippen LogP contribution is -1.82. The van der Waals surface area contributed by atoms with E-state index in [-0.39, 0.29) is 0 Å². The van der Waals surface area contributed by atoms with Crippen LogP contribution in [0.4, 0.5) is 0 Å². The zero-order valence-electron chi connectivity index (χ0n) is 11.2. The molecule has 0 bridgehead atoms. The maximum Gasteiger partial charge on any atom is 0.153 e. The molecule has 0 aliphatic heterocycles. The summed E-state index contributed by atoms with van der Waals surface area (Å²) in [5.41, 5.74) is 3.47. The first-order chi connectivity index (χ1) is 10.4. The normalized spacial score (nSPS) is 11.8. The van der Waals surface area contributed by atoms with Crippen LogP contribution in [0.25, 0.3) is 43.7 Å². The molecule has 1 heterocycles. The molecule has 0 saturated heterocycles. The molecule has 98 valence electrons. The van der Waals surface area contributed by atoms with Crippen LogP contribution in [0.3, 0.4) is 0 Å². The Labute approximate surface area is 120 Å². The van der Waals surface area contributed by atoms with E-state index in [1.165, 1.54) is 16.2 Å². The highest BCUT2D eigenvalue weighted by atomic mass is 16.3. The van der Waals surface area contributed by atoms with Crippen molar-refractivity contribution in [3.8, 4) is 0 Å². The Hall–Kier alpha value is -2.87. The highest BCUT2D eigenvalue weighted by Gasteiger charge is 2.10. The van der Waals surface area contributed by atoms with E-state index in [1.807, 2.05) is 30.3 Å². The average Bonchev–Trinajstić information content (AvgIpc) is 2.92. The van der Waals surface area contributed by atoms with Gasteiger partial charge in [-0.2, -0.15) is 0 Å². The summed E-state index contributed by atoms with van der Waals surface area (Å²) >= 11 is 0. The van der Waals surface area contributed by atoms with Gasteiger partial charge in [0.1, 0.15) is 11.0 Å². The Morgan fingerprint density at radius 3 is 2.52 bits per heavy atom. The molecule has 0 amide bonds. The van der Waals surface area contributed by atoms with Crippen LogP contribution < -0.4 is 0 Å². The third kappa shape index (κ3) is 1.44. The van der Waals surface area contributed by atoms with Crippen LogP contribution in [-0.2, 0) is 0 Å². The SMILES string of the molecule is c1ccc2c(c1)cc1c2ccc2oc3ccccc3nc21. The molecule has 1 aromatic heterocycles. The van der Waals surface area contributed by atoms with Crippen LogP contribution in [0.15, 0.2) is 71.1 Å². The number of rotatable bonds is 0. The molecule has 0 radical (unpaired) electrons. The molecule has 2 nitrogen and oxygen atoms in total.